The predicted octanol–water partition coefficient (Wildman–Crippen LogP) is 4.15. The first-order chi connectivity index (χ1) is 10.1. The second-order valence-electron chi connectivity index (χ2n) is 5.56. The lowest BCUT2D eigenvalue weighted by atomic mass is 10.1. The lowest BCUT2D eigenvalue weighted by molar-refractivity contribution is 0.290. The zero-order valence-corrected chi connectivity index (χ0v) is 12.6. The number of hydrogen-bond donors (Lipinski definition) is 1. The van der Waals surface area contributed by atoms with Crippen molar-refractivity contribution in [3.05, 3.63) is 65.5 Å². The largest absolute Gasteiger partial charge is 0.486 e. The normalized spacial score (nSPS) is 10.9. The Bertz CT molecular complexity index is 551. The van der Waals surface area contributed by atoms with Gasteiger partial charge >= 0.3 is 0 Å². The zero-order chi connectivity index (χ0) is 15.1. The maximum absolute atomic E-state index is 13.4. The van der Waals surface area contributed by atoms with Crippen LogP contribution in [0.25, 0.3) is 0 Å². The molecule has 0 aliphatic heterocycles. The molecule has 0 radical (unpaired) electrons. The summed E-state index contributed by atoms with van der Waals surface area (Å²) in [6.07, 6.45) is 0. The summed E-state index contributed by atoms with van der Waals surface area (Å²) in [4.78, 5) is 0. The van der Waals surface area contributed by atoms with Crippen LogP contribution < -0.4 is 10.1 Å². The molecule has 112 valence electrons. The Morgan fingerprint density at radius 2 is 1.67 bits per heavy atom. The first-order valence-corrected chi connectivity index (χ1v) is 7.31. The fourth-order valence-electron chi connectivity index (χ4n) is 1.98. The predicted molar refractivity (Wildman–Crippen MR) is 83.7 cm³/mol. The fraction of sp³-hybridized carbons (Fsp3) is 0.333. The van der Waals surface area contributed by atoms with Crippen molar-refractivity contribution in [2.24, 2.45) is 5.92 Å². The second kappa shape index (κ2) is 7.79. The van der Waals surface area contributed by atoms with Gasteiger partial charge in [0.1, 0.15) is 6.61 Å². The van der Waals surface area contributed by atoms with Gasteiger partial charge in [-0.1, -0.05) is 50.2 Å². The Kier molecular flexibility index (Phi) is 5.76. The fourth-order valence-corrected chi connectivity index (χ4v) is 1.98. The van der Waals surface area contributed by atoms with Gasteiger partial charge in [-0.15, -0.1) is 0 Å². The van der Waals surface area contributed by atoms with Gasteiger partial charge in [0.25, 0.3) is 0 Å². The van der Waals surface area contributed by atoms with Crippen LogP contribution in [0, 0.1) is 11.7 Å². The van der Waals surface area contributed by atoms with E-state index in [2.05, 4.69) is 31.3 Å². The molecule has 0 amide bonds. The minimum Gasteiger partial charge on any atom is -0.486 e. The first kappa shape index (κ1) is 15.5. The molecule has 0 aliphatic carbocycles. The highest BCUT2D eigenvalue weighted by atomic mass is 19.1. The Labute approximate surface area is 126 Å². The van der Waals surface area contributed by atoms with E-state index in [0.29, 0.717) is 18.3 Å². The summed E-state index contributed by atoms with van der Waals surface area (Å²) in [5.74, 6) is 0.616. The van der Waals surface area contributed by atoms with Gasteiger partial charge in [-0.25, -0.2) is 4.39 Å². The van der Waals surface area contributed by atoms with Crippen LogP contribution in [0.15, 0.2) is 48.5 Å². The number of benzene rings is 2. The highest BCUT2D eigenvalue weighted by Gasteiger charge is 2.02. The van der Waals surface area contributed by atoms with Crippen LogP contribution in [0.4, 0.5) is 4.39 Å². The van der Waals surface area contributed by atoms with Gasteiger partial charge in [-0.2, -0.15) is 0 Å². The van der Waals surface area contributed by atoms with E-state index in [1.54, 1.807) is 18.2 Å². The maximum Gasteiger partial charge on any atom is 0.165 e. The lowest BCUT2D eigenvalue weighted by Gasteiger charge is -2.09. The van der Waals surface area contributed by atoms with E-state index in [4.69, 9.17) is 4.74 Å². The van der Waals surface area contributed by atoms with Gasteiger partial charge in [0.05, 0.1) is 0 Å². The van der Waals surface area contributed by atoms with E-state index < -0.39 is 0 Å². The highest BCUT2D eigenvalue weighted by molar-refractivity contribution is 5.26. The molecule has 0 heterocycles. The van der Waals surface area contributed by atoms with Crippen molar-refractivity contribution in [1.82, 2.24) is 5.32 Å². The molecule has 0 bridgehead atoms. The van der Waals surface area contributed by atoms with E-state index in [9.17, 15) is 4.39 Å². The molecule has 2 aromatic carbocycles. The molecule has 0 fully saturated rings. The average molecular weight is 287 g/mol. The molecule has 21 heavy (non-hydrogen) atoms. The van der Waals surface area contributed by atoms with Crippen LogP contribution in [0.5, 0.6) is 5.75 Å². The number of rotatable bonds is 7. The molecule has 0 saturated heterocycles. The van der Waals surface area contributed by atoms with Crippen molar-refractivity contribution in [3.63, 3.8) is 0 Å². The lowest BCUT2D eigenvalue weighted by Crippen LogP contribution is -2.18. The SMILES string of the molecule is CC(C)CNCc1ccc(COc2ccccc2F)cc1. The smallest absolute Gasteiger partial charge is 0.165 e. The minimum atomic E-state index is -0.327. The van der Waals surface area contributed by atoms with Crippen LogP contribution in [-0.2, 0) is 13.2 Å². The number of para-hydroxylation sites is 1. The van der Waals surface area contributed by atoms with Crippen molar-refractivity contribution >= 4 is 0 Å². The summed E-state index contributed by atoms with van der Waals surface area (Å²) in [7, 11) is 0. The maximum atomic E-state index is 13.4. The Morgan fingerprint density at radius 1 is 1.00 bits per heavy atom. The number of hydrogen-bond acceptors (Lipinski definition) is 2. The summed E-state index contributed by atoms with van der Waals surface area (Å²) < 4.78 is 18.9. The van der Waals surface area contributed by atoms with Crippen molar-refractivity contribution < 1.29 is 9.13 Å². The van der Waals surface area contributed by atoms with Crippen molar-refractivity contribution in [2.45, 2.75) is 27.0 Å². The van der Waals surface area contributed by atoms with Gasteiger partial charge in [0.2, 0.25) is 0 Å². The molecule has 0 atom stereocenters. The summed E-state index contributed by atoms with van der Waals surface area (Å²) in [5, 5.41) is 3.41. The molecule has 2 nitrogen and oxygen atoms in total. The summed E-state index contributed by atoms with van der Waals surface area (Å²) in [6, 6.07) is 14.7. The minimum absolute atomic E-state index is 0.292. The van der Waals surface area contributed by atoms with Crippen molar-refractivity contribution in [1.29, 1.82) is 0 Å². The van der Waals surface area contributed by atoms with Gasteiger partial charge < -0.3 is 10.1 Å². The van der Waals surface area contributed by atoms with Gasteiger partial charge in [0.15, 0.2) is 11.6 Å². The third-order valence-electron chi connectivity index (χ3n) is 3.14. The first-order valence-electron chi connectivity index (χ1n) is 7.31. The molecular formula is C18H22FNO. The van der Waals surface area contributed by atoms with Gasteiger partial charge in [-0.3, -0.25) is 0 Å². The molecule has 0 unspecified atom stereocenters. The van der Waals surface area contributed by atoms with Gasteiger partial charge in [-0.05, 0) is 35.7 Å². The van der Waals surface area contributed by atoms with Gasteiger partial charge in [0, 0.05) is 6.54 Å². The third-order valence-corrected chi connectivity index (χ3v) is 3.14. The van der Waals surface area contributed by atoms with Crippen molar-refractivity contribution in [2.75, 3.05) is 6.54 Å². The Balaban J connectivity index is 1.84. The summed E-state index contributed by atoms with van der Waals surface area (Å²) in [6.45, 7) is 6.64. The topological polar surface area (TPSA) is 21.3 Å². The van der Waals surface area contributed by atoms with Crippen molar-refractivity contribution in [3.8, 4) is 5.75 Å². The molecule has 1 N–H and O–H groups in total. The number of nitrogens with one attached hydrogen (secondary N) is 1. The van der Waals surface area contributed by atoms with Crippen LogP contribution in [0.1, 0.15) is 25.0 Å². The molecule has 0 saturated carbocycles. The Morgan fingerprint density at radius 3 is 2.33 bits per heavy atom. The molecule has 0 spiro atoms. The highest BCUT2D eigenvalue weighted by Crippen LogP contribution is 2.17. The van der Waals surface area contributed by atoms with Crippen LogP contribution in [-0.4, -0.2) is 6.54 Å². The quantitative estimate of drug-likeness (QED) is 0.826. The molecule has 0 aromatic heterocycles. The van der Waals surface area contributed by atoms with E-state index >= 15 is 0 Å². The van der Waals surface area contributed by atoms with Crippen LogP contribution >= 0.6 is 0 Å². The standard InChI is InChI=1S/C18H22FNO/c1-14(2)11-20-12-15-7-9-16(10-8-15)13-21-18-6-4-3-5-17(18)19/h3-10,14,20H,11-13H2,1-2H3. The summed E-state index contributed by atoms with van der Waals surface area (Å²) >= 11 is 0. The van der Waals surface area contributed by atoms with Crippen LogP contribution in [0.2, 0.25) is 0 Å². The van der Waals surface area contributed by atoms with E-state index in [1.165, 1.54) is 11.6 Å². The average Bonchev–Trinajstić information content (AvgIpc) is 2.47. The molecule has 2 aromatic rings. The van der Waals surface area contributed by atoms with E-state index in [0.717, 1.165) is 18.7 Å². The summed E-state index contributed by atoms with van der Waals surface area (Å²) in [5.41, 5.74) is 2.27. The molecular weight excluding hydrogens is 265 g/mol. The molecule has 2 rings (SSSR count). The van der Waals surface area contributed by atoms with E-state index in [1.807, 2.05) is 12.1 Å². The second-order valence-corrected chi connectivity index (χ2v) is 5.56. The third kappa shape index (κ3) is 5.20. The monoisotopic (exact) mass is 287 g/mol. The zero-order valence-electron chi connectivity index (χ0n) is 12.6. The van der Waals surface area contributed by atoms with Crippen LogP contribution in [0.3, 0.4) is 0 Å². The number of halogens is 1. The van der Waals surface area contributed by atoms with E-state index in [-0.39, 0.29) is 5.82 Å². The Hall–Kier alpha value is -1.87. The number of ether oxygens (including phenoxy) is 1. The molecule has 3 heteroatoms. The molecule has 0 aliphatic rings.